The molecule has 1 aliphatic rings. The molecule has 2 aromatic carbocycles. The Morgan fingerprint density at radius 3 is 2.23 bits per heavy atom. The van der Waals surface area contributed by atoms with E-state index in [2.05, 4.69) is 5.32 Å². The fourth-order valence-corrected chi connectivity index (χ4v) is 3.60. The number of aryl methyl sites for hydroxylation is 1. The Morgan fingerprint density at radius 1 is 0.968 bits per heavy atom. The maximum Gasteiger partial charge on any atom is 0.251 e. The summed E-state index contributed by atoms with van der Waals surface area (Å²) in [6, 6.07) is 14.2. The molecule has 1 aliphatic heterocycles. The number of benzene rings is 2. The zero-order valence-corrected chi connectivity index (χ0v) is 18.2. The number of rotatable bonds is 7. The third kappa shape index (κ3) is 6.46. The fraction of sp³-hybridized carbons (Fsp3) is 0.348. The molecule has 0 spiro atoms. The van der Waals surface area contributed by atoms with Crippen molar-refractivity contribution < 1.29 is 19.1 Å². The molecule has 0 radical (unpaired) electrons. The number of carbonyl (C=O) groups excluding carboxylic acids is 3. The van der Waals surface area contributed by atoms with Gasteiger partial charge in [-0.3, -0.25) is 14.4 Å². The van der Waals surface area contributed by atoms with Gasteiger partial charge in [-0.25, -0.2) is 0 Å². The van der Waals surface area contributed by atoms with E-state index in [9.17, 15) is 14.4 Å². The second kappa shape index (κ2) is 10.8. The van der Waals surface area contributed by atoms with Crippen LogP contribution in [0.2, 0.25) is 5.02 Å². The van der Waals surface area contributed by atoms with E-state index in [4.69, 9.17) is 16.3 Å². The Morgan fingerprint density at radius 2 is 1.61 bits per heavy atom. The summed E-state index contributed by atoms with van der Waals surface area (Å²) < 4.78 is 5.14. The summed E-state index contributed by atoms with van der Waals surface area (Å²) in [7, 11) is 1.62. The first-order valence-electron chi connectivity index (χ1n) is 10.2. The van der Waals surface area contributed by atoms with Crippen LogP contribution >= 0.6 is 11.6 Å². The van der Waals surface area contributed by atoms with Crippen molar-refractivity contribution in [3.05, 3.63) is 64.7 Å². The SMILES string of the molecule is COc1ccc(CCC(=O)N2CCN(C(=O)CNC(=O)c3cccc(Cl)c3)CC2)cc1. The smallest absolute Gasteiger partial charge is 0.251 e. The van der Waals surface area contributed by atoms with E-state index in [-0.39, 0.29) is 24.3 Å². The van der Waals surface area contributed by atoms with Crippen LogP contribution in [0, 0.1) is 0 Å². The Hall–Kier alpha value is -3.06. The molecule has 8 heteroatoms. The van der Waals surface area contributed by atoms with Crippen LogP contribution in [0.5, 0.6) is 5.75 Å². The summed E-state index contributed by atoms with van der Waals surface area (Å²) in [5.74, 6) is 0.362. The van der Waals surface area contributed by atoms with Gasteiger partial charge < -0.3 is 19.9 Å². The predicted molar refractivity (Wildman–Crippen MR) is 118 cm³/mol. The van der Waals surface area contributed by atoms with Gasteiger partial charge in [0.2, 0.25) is 11.8 Å². The van der Waals surface area contributed by atoms with E-state index in [1.165, 1.54) is 0 Å². The van der Waals surface area contributed by atoms with Crippen molar-refractivity contribution in [1.82, 2.24) is 15.1 Å². The van der Waals surface area contributed by atoms with Crippen molar-refractivity contribution in [3.8, 4) is 5.75 Å². The Bertz CT molecular complexity index is 925. The number of carbonyl (C=O) groups is 3. The lowest BCUT2D eigenvalue weighted by Crippen LogP contribution is -2.52. The number of hydrogen-bond donors (Lipinski definition) is 1. The lowest BCUT2D eigenvalue weighted by Gasteiger charge is -2.35. The monoisotopic (exact) mass is 443 g/mol. The van der Waals surface area contributed by atoms with Crippen LogP contribution in [0.1, 0.15) is 22.3 Å². The number of methoxy groups -OCH3 is 1. The van der Waals surface area contributed by atoms with Crippen LogP contribution < -0.4 is 10.1 Å². The number of nitrogens with zero attached hydrogens (tertiary/aromatic N) is 2. The van der Waals surface area contributed by atoms with E-state index in [0.717, 1.165) is 11.3 Å². The molecule has 0 atom stereocenters. The van der Waals surface area contributed by atoms with Crippen molar-refractivity contribution >= 4 is 29.3 Å². The average Bonchev–Trinajstić information content (AvgIpc) is 2.81. The first kappa shape index (κ1) is 22.6. The van der Waals surface area contributed by atoms with E-state index in [1.54, 1.807) is 41.2 Å². The number of amides is 3. The minimum atomic E-state index is -0.344. The van der Waals surface area contributed by atoms with Gasteiger partial charge in [-0.1, -0.05) is 29.8 Å². The van der Waals surface area contributed by atoms with Gasteiger partial charge >= 0.3 is 0 Å². The molecule has 0 aliphatic carbocycles. The standard InChI is InChI=1S/C23H26ClN3O4/c1-31-20-8-5-17(6-9-20)7-10-21(28)26-11-13-27(14-12-26)22(29)16-25-23(30)18-3-2-4-19(24)15-18/h2-6,8-9,15H,7,10-14,16H2,1H3,(H,25,30). The molecular formula is C23H26ClN3O4. The van der Waals surface area contributed by atoms with Gasteiger partial charge in [-0.05, 0) is 42.3 Å². The van der Waals surface area contributed by atoms with Crippen molar-refractivity contribution in [2.75, 3.05) is 39.8 Å². The first-order valence-corrected chi connectivity index (χ1v) is 10.6. The summed E-state index contributed by atoms with van der Waals surface area (Å²) in [4.78, 5) is 40.5. The van der Waals surface area contributed by atoms with Crippen LogP contribution in [-0.2, 0) is 16.0 Å². The third-order valence-corrected chi connectivity index (χ3v) is 5.49. The molecule has 31 heavy (non-hydrogen) atoms. The summed E-state index contributed by atoms with van der Waals surface area (Å²) in [5.41, 5.74) is 1.49. The zero-order chi connectivity index (χ0) is 22.2. The van der Waals surface area contributed by atoms with Crippen molar-refractivity contribution in [3.63, 3.8) is 0 Å². The second-order valence-electron chi connectivity index (χ2n) is 7.30. The Balaban J connectivity index is 1.39. The molecule has 1 heterocycles. The second-order valence-corrected chi connectivity index (χ2v) is 7.74. The number of nitrogens with one attached hydrogen (secondary N) is 1. The lowest BCUT2D eigenvalue weighted by molar-refractivity contribution is -0.138. The number of halogens is 1. The molecule has 7 nitrogen and oxygen atoms in total. The minimum absolute atomic E-state index is 0.0807. The minimum Gasteiger partial charge on any atom is -0.497 e. The molecular weight excluding hydrogens is 418 g/mol. The summed E-state index contributed by atoms with van der Waals surface area (Å²) in [5, 5.41) is 3.09. The first-order chi connectivity index (χ1) is 15.0. The highest BCUT2D eigenvalue weighted by atomic mass is 35.5. The van der Waals surface area contributed by atoms with Crippen LogP contribution in [-0.4, -0.2) is 67.4 Å². The molecule has 164 valence electrons. The van der Waals surface area contributed by atoms with Crippen molar-refractivity contribution in [2.24, 2.45) is 0 Å². The van der Waals surface area contributed by atoms with Crippen molar-refractivity contribution in [1.29, 1.82) is 0 Å². The van der Waals surface area contributed by atoms with E-state index in [1.807, 2.05) is 24.3 Å². The van der Waals surface area contributed by atoms with Crippen LogP contribution in [0.15, 0.2) is 48.5 Å². The molecule has 1 saturated heterocycles. The maximum absolute atomic E-state index is 12.5. The van der Waals surface area contributed by atoms with Gasteiger partial charge in [0.05, 0.1) is 13.7 Å². The van der Waals surface area contributed by atoms with Crippen molar-refractivity contribution in [2.45, 2.75) is 12.8 Å². The third-order valence-electron chi connectivity index (χ3n) is 5.26. The highest BCUT2D eigenvalue weighted by Gasteiger charge is 2.24. The van der Waals surface area contributed by atoms with Gasteiger partial charge in [0, 0.05) is 43.2 Å². The molecule has 0 aromatic heterocycles. The van der Waals surface area contributed by atoms with Gasteiger partial charge in [-0.15, -0.1) is 0 Å². The highest BCUT2D eigenvalue weighted by Crippen LogP contribution is 2.14. The van der Waals surface area contributed by atoms with Gasteiger partial charge in [0.25, 0.3) is 5.91 Å². The van der Waals surface area contributed by atoms with Crippen LogP contribution in [0.4, 0.5) is 0 Å². The topological polar surface area (TPSA) is 79.0 Å². The number of piperazine rings is 1. The zero-order valence-electron chi connectivity index (χ0n) is 17.5. The molecule has 3 amide bonds. The average molecular weight is 444 g/mol. The molecule has 0 saturated carbocycles. The van der Waals surface area contributed by atoms with Crippen LogP contribution in [0.3, 0.4) is 0 Å². The van der Waals surface area contributed by atoms with Gasteiger partial charge in [0.1, 0.15) is 5.75 Å². The largest absolute Gasteiger partial charge is 0.497 e. The van der Waals surface area contributed by atoms with Gasteiger partial charge in [0.15, 0.2) is 0 Å². The van der Waals surface area contributed by atoms with E-state index >= 15 is 0 Å². The predicted octanol–water partition coefficient (Wildman–Crippen LogP) is 2.38. The molecule has 1 fully saturated rings. The highest BCUT2D eigenvalue weighted by molar-refractivity contribution is 6.31. The number of ether oxygens (including phenoxy) is 1. The quantitative estimate of drug-likeness (QED) is 0.712. The fourth-order valence-electron chi connectivity index (χ4n) is 3.41. The van der Waals surface area contributed by atoms with Crippen LogP contribution in [0.25, 0.3) is 0 Å². The van der Waals surface area contributed by atoms with Gasteiger partial charge in [-0.2, -0.15) is 0 Å². The summed E-state index contributed by atoms with van der Waals surface area (Å²) in [6.45, 7) is 1.82. The van der Waals surface area contributed by atoms with E-state index in [0.29, 0.717) is 49.6 Å². The Kier molecular flexibility index (Phi) is 7.89. The van der Waals surface area contributed by atoms with E-state index < -0.39 is 0 Å². The molecule has 0 unspecified atom stereocenters. The molecule has 0 bridgehead atoms. The summed E-state index contributed by atoms with van der Waals surface area (Å²) >= 11 is 5.89. The molecule has 1 N–H and O–H groups in total. The Labute approximate surface area is 186 Å². The normalized spacial score (nSPS) is 13.6. The number of hydrogen-bond acceptors (Lipinski definition) is 4. The molecule has 3 rings (SSSR count). The maximum atomic E-state index is 12.5. The summed E-state index contributed by atoms with van der Waals surface area (Å²) in [6.07, 6.45) is 1.09. The molecule has 2 aromatic rings. The lowest BCUT2D eigenvalue weighted by atomic mass is 10.1.